The number of nitrogens with zero attached hydrogens (tertiary/aromatic N) is 2. The lowest BCUT2D eigenvalue weighted by Gasteiger charge is -2.11. The van der Waals surface area contributed by atoms with E-state index in [-0.39, 0.29) is 5.92 Å². The van der Waals surface area contributed by atoms with Gasteiger partial charge in [0.1, 0.15) is 0 Å². The molecule has 1 heterocycles. The molecule has 2 N–H and O–H groups in total. The van der Waals surface area contributed by atoms with E-state index in [0.29, 0.717) is 24.9 Å². The lowest BCUT2D eigenvalue weighted by molar-refractivity contribution is -0.109. The van der Waals surface area contributed by atoms with Gasteiger partial charge in [-0.15, -0.1) is 5.10 Å². The summed E-state index contributed by atoms with van der Waals surface area (Å²) >= 11 is 0. The van der Waals surface area contributed by atoms with Crippen molar-refractivity contribution >= 4 is 18.1 Å². The molecule has 0 bridgehead atoms. The normalized spacial score (nSPS) is 11.9. The summed E-state index contributed by atoms with van der Waals surface area (Å²) < 4.78 is 5.69. The van der Waals surface area contributed by atoms with E-state index in [1.165, 1.54) is 0 Å². The van der Waals surface area contributed by atoms with Crippen molar-refractivity contribution in [3.8, 4) is 0 Å². The Morgan fingerprint density at radius 1 is 1.23 bits per heavy atom. The number of carbonyl (C=O) groups excluding carboxylic acids is 1. The molecular weight excluding hydrogens is 280 g/mol. The van der Waals surface area contributed by atoms with Crippen LogP contribution in [0, 0.1) is 0 Å². The first-order valence-corrected chi connectivity index (χ1v) is 7.66. The lowest BCUT2D eigenvalue weighted by Crippen LogP contribution is -2.20. The highest BCUT2D eigenvalue weighted by atomic mass is 16.4. The summed E-state index contributed by atoms with van der Waals surface area (Å²) in [6.45, 7) is 2.67. The molecule has 0 aliphatic carbocycles. The van der Waals surface area contributed by atoms with Crippen LogP contribution < -0.4 is 10.6 Å². The van der Waals surface area contributed by atoms with Crippen LogP contribution in [0.3, 0.4) is 0 Å². The molecule has 0 aliphatic heterocycles. The van der Waals surface area contributed by atoms with Gasteiger partial charge >= 0.3 is 6.01 Å². The molecule has 0 unspecified atom stereocenters. The van der Waals surface area contributed by atoms with Crippen LogP contribution in [-0.2, 0) is 4.79 Å². The second-order valence-electron chi connectivity index (χ2n) is 5.16. The van der Waals surface area contributed by atoms with Crippen molar-refractivity contribution in [2.45, 2.75) is 38.5 Å². The van der Waals surface area contributed by atoms with E-state index in [2.05, 4.69) is 27.8 Å². The van der Waals surface area contributed by atoms with Crippen LogP contribution in [0.15, 0.2) is 34.7 Å². The number of benzene rings is 1. The predicted molar refractivity (Wildman–Crippen MR) is 85.0 cm³/mol. The zero-order chi connectivity index (χ0) is 15.6. The number of unbranched alkanes of at least 4 members (excludes halogenated alkanes) is 2. The fraction of sp³-hybridized carbons (Fsp3) is 0.438. The summed E-state index contributed by atoms with van der Waals surface area (Å²) in [6.07, 6.45) is 5.00. The summed E-state index contributed by atoms with van der Waals surface area (Å²) in [5, 5.41) is 13.9. The number of anilines is 2. The minimum absolute atomic E-state index is 0.0515. The highest BCUT2D eigenvalue weighted by molar-refractivity contribution is 5.51. The smallest absolute Gasteiger partial charge is 0.320 e. The van der Waals surface area contributed by atoms with Crippen LogP contribution in [0.1, 0.15) is 44.4 Å². The number of para-hydroxylation sites is 1. The van der Waals surface area contributed by atoms with Crippen LogP contribution >= 0.6 is 0 Å². The number of hydrogen-bond donors (Lipinski definition) is 2. The lowest BCUT2D eigenvalue weighted by atomic mass is 10.0. The van der Waals surface area contributed by atoms with E-state index < -0.39 is 0 Å². The van der Waals surface area contributed by atoms with Gasteiger partial charge in [-0.1, -0.05) is 49.5 Å². The molecule has 22 heavy (non-hydrogen) atoms. The molecule has 1 atom stereocenters. The van der Waals surface area contributed by atoms with Crippen LogP contribution in [0.4, 0.5) is 11.7 Å². The average molecular weight is 302 g/mol. The Morgan fingerprint density at radius 3 is 2.77 bits per heavy atom. The van der Waals surface area contributed by atoms with E-state index in [4.69, 9.17) is 4.42 Å². The quantitative estimate of drug-likeness (QED) is 0.520. The summed E-state index contributed by atoms with van der Waals surface area (Å²) in [5.41, 5.74) is 0.895. The first-order valence-electron chi connectivity index (χ1n) is 7.66. The zero-order valence-corrected chi connectivity index (χ0v) is 12.8. The number of carbonyl (C=O) groups is 1. The van der Waals surface area contributed by atoms with Crippen molar-refractivity contribution in [3.05, 3.63) is 36.2 Å². The maximum absolute atomic E-state index is 10.5. The predicted octanol–water partition coefficient (Wildman–Crippen LogP) is 3.22. The molecule has 0 spiro atoms. The van der Waals surface area contributed by atoms with Crippen LogP contribution in [0.25, 0.3) is 0 Å². The van der Waals surface area contributed by atoms with E-state index >= 15 is 0 Å². The first kappa shape index (κ1) is 16.0. The maximum atomic E-state index is 10.5. The molecule has 2 rings (SSSR count). The molecule has 0 aliphatic rings. The third-order valence-corrected chi connectivity index (χ3v) is 3.42. The van der Waals surface area contributed by atoms with Crippen LogP contribution in [0.5, 0.6) is 0 Å². The standard InChI is InChI=1S/C16H22N4O2/c1-2-3-5-8-13(11-17-12-21)15-19-20-16(22-15)18-14-9-6-4-7-10-14/h4,6-7,9-10,12-13H,2-3,5,8,11H2,1H3,(H,17,21)(H,18,20)/t13-/m0/s1. The topological polar surface area (TPSA) is 80.0 Å². The van der Waals surface area contributed by atoms with Crippen molar-refractivity contribution in [3.63, 3.8) is 0 Å². The van der Waals surface area contributed by atoms with Gasteiger partial charge in [0.2, 0.25) is 12.3 Å². The van der Waals surface area contributed by atoms with E-state index in [9.17, 15) is 4.79 Å². The van der Waals surface area contributed by atoms with Gasteiger partial charge in [-0.25, -0.2) is 0 Å². The molecular formula is C16H22N4O2. The minimum Gasteiger partial charge on any atom is -0.408 e. The minimum atomic E-state index is 0.0515. The maximum Gasteiger partial charge on any atom is 0.320 e. The molecule has 118 valence electrons. The Kier molecular flexibility index (Phi) is 6.41. The Labute approximate surface area is 130 Å². The molecule has 2 aromatic rings. The highest BCUT2D eigenvalue weighted by Crippen LogP contribution is 2.23. The average Bonchev–Trinajstić information content (AvgIpc) is 3.00. The second kappa shape index (κ2) is 8.81. The highest BCUT2D eigenvalue weighted by Gasteiger charge is 2.18. The Hall–Kier alpha value is -2.37. The van der Waals surface area contributed by atoms with Crippen molar-refractivity contribution in [2.24, 2.45) is 0 Å². The van der Waals surface area contributed by atoms with Gasteiger partial charge in [0, 0.05) is 12.2 Å². The third-order valence-electron chi connectivity index (χ3n) is 3.42. The SMILES string of the molecule is CCCCC[C@@H](CNC=O)c1nnc(Nc2ccccc2)o1. The summed E-state index contributed by atoms with van der Waals surface area (Å²) in [5.74, 6) is 0.611. The van der Waals surface area contributed by atoms with Crippen molar-refractivity contribution in [1.82, 2.24) is 15.5 Å². The van der Waals surface area contributed by atoms with Gasteiger partial charge < -0.3 is 15.1 Å². The van der Waals surface area contributed by atoms with Gasteiger partial charge in [0.15, 0.2) is 0 Å². The Bertz CT molecular complexity index is 556. The zero-order valence-electron chi connectivity index (χ0n) is 12.8. The Balaban J connectivity index is 1.99. The third kappa shape index (κ3) is 4.87. The van der Waals surface area contributed by atoms with Gasteiger partial charge in [0.25, 0.3) is 0 Å². The fourth-order valence-corrected chi connectivity index (χ4v) is 2.24. The monoisotopic (exact) mass is 302 g/mol. The van der Waals surface area contributed by atoms with Crippen LogP contribution in [0.2, 0.25) is 0 Å². The largest absolute Gasteiger partial charge is 0.408 e. The van der Waals surface area contributed by atoms with Gasteiger partial charge in [-0.05, 0) is 18.6 Å². The summed E-state index contributed by atoms with van der Waals surface area (Å²) in [4.78, 5) is 10.5. The van der Waals surface area contributed by atoms with Crippen LogP contribution in [-0.4, -0.2) is 23.2 Å². The van der Waals surface area contributed by atoms with E-state index in [1.807, 2.05) is 30.3 Å². The molecule has 6 nitrogen and oxygen atoms in total. The molecule has 1 aromatic heterocycles. The molecule has 0 saturated carbocycles. The molecule has 1 amide bonds. The molecule has 0 saturated heterocycles. The molecule has 0 radical (unpaired) electrons. The fourth-order valence-electron chi connectivity index (χ4n) is 2.24. The van der Waals surface area contributed by atoms with Gasteiger partial charge in [-0.3, -0.25) is 4.79 Å². The molecule has 1 aromatic carbocycles. The number of amides is 1. The number of rotatable bonds is 10. The van der Waals surface area contributed by atoms with E-state index in [1.54, 1.807) is 0 Å². The van der Waals surface area contributed by atoms with E-state index in [0.717, 1.165) is 31.4 Å². The van der Waals surface area contributed by atoms with Crippen molar-refractivity contribution in [1.29, 1.82) is 0 Å². The van der Waals surface area contributed by atoms with Gasteiger partial charge in [0.05, 0.1) is 5.92 Å². The number of aromatic nitrogens is 2. The van der Waals surface area contributed by atoms with Gasteiger partial charge in [-0.2, -0.15) is 0 Å². The first-order chi connectivity index (χ1) is 10.8. The summed E-state index contributed by atoms with van der Waals surface area (Å²) in [6, 6.07) is 10.0. The molecule has 6 heteroatoms. The number of hydrogen-bond acceptors (Lipinski definition) is 5. The summed E-state index contributed by atoms with van der Waals surface area (Å²) in [7, 11) is 0. The Morgan fingerprint density at radius 2 is 2.05 bits per heavy atom. The second-order valence-corrected chi connectivity index (χ2v) is 5.16. The molecule has 0 fully saturated rings. The van der Waals surface area contributed by atoms with Crippen molar-refractivity contribution < 1.29 is 9.21 Å². The van der Waals surface area contributed by atoms with Crippen molar-refractivity contribution in [2.75, 3.05) is 11.9 Å². The number of nitrogens with one attached hydrogen (secondary N) is 2.